The zero-order valence-corrected chi connectivity index (χ0v) is 16.3. The highest BCUT2D eigenvalue weighted by Gasteiger charge is 2.73. The largest absolute Gasteiger partial charge is 0.473 e. The zero-order valence-electron chi connectivity index (χ0n) is 15.3. The number of fused-ring (bicyclic) bond motifs is 3. The van der Waals surface area contributed by atoms with Crippen molar-refractivity contribution in [3.63, 3.8) is 0 Å². The van der Waals surface area contributed by atoms with Gasteiger partial charge >= 0.3 is 5.97 Å². The third-order valence-electron chi connectivity index (χ3n) is 6.22. The number of aliphatic hydroxyl groups is 1. The van der Waals surface area contributed by atoms with E-state index in [1.54, 1.807) is 0 Å². The molecule has 2 fully saturated rings. The molecule has 0 aromatic heterocycles. The van der Waals surface area contributed by atoms with Crippen molar-refractivity contribution in [3.8, 4) is 0 Å². The topological polar surface area (TPSA) is 77.5 Å². The lowest BCUT2D eigenvalue weighted by atomic mass is 9.82. The minimum atomic E-state index is -2.07. The van der Waals surface area contributed by atoms with Crippen LogP contribution in [-0.2, 0) is 23.4 Å². The Labute approximate surface area is 144 Å². The molecule has 2 aliphatic heterocycles. The molecule has 0 spiro atoms. The van der Waals surface area contributed by atoms with E-state index >= 15 is 0 Å². The molecular weight excluding hydrogens is 328 g/mol. The van der Waals surface area contributed by atoms with Crippen molar-refractivity contribution in [2.45, 2.75) is 63.3 Å². The van der Waals surface area contributed by atoms with Gasteiger partial charge in [0.15, 0.2) is 14.6 Å². The molecule has 3 rings (SSSR count). The maximum atomic E-state index is 12.1. The predicted molar refractivity (Wildman–Crippen MR) is 89.5 cm³/mol. The van der Waals surface area contributed by atoms with Crippen molar-refractivity contribution in [2.75, 3.05) is 13.7 Å². The molecule has 3 aliphatic rings. The quantitative estimate of drug-likeness (QED) is 0.473. The lowest BCUT2D eigenvalue weighted by Gasteiger charge is -2.44. The fraction of sp³-hybridized carbons (Fsp3) is 0.824. The van der Waals surface area contributed by atoms with Crippen LogP contribution in [0.2, 0.25) is 18.1 Å². The second-order valence-corrected chi connectivity index (χ2v) is 13.3. The third kappa shape index (κ3) is 2.53. The Balaban J connectivity index is 1.91. The van der Waals surface area contributed by atoms with Gasteiger partial charge in [-0.15, -0.1) is 0 Å². The van der Waals surface area contributed by atoms with E-state index in [0.29, 0.717) is 12.0 Å². The molecule has 1 saturated heterocycles. The van der Waals surface area contributed by atoms with Gasteiger partial charge in [0.2, 0.25) is 0 Å². The van der Waals surface area contributed by atoms with Gasteiger partial charge in [-0.3, -0.25) is 0 Å². The first-order valence-electron chi connectivity index (χ1n) is 8.48. The van der Waals surface area contributed by atoms with Crippen LogP contribution in [0.3, 0.4) is 0 Å². The van der Waals surface area contributed by atoms with Crippen molar-refractivity contribution in [3.05, 3.63) is 11.8 Å². The van der Waals surface area contributed by atoms with E-state index < -0.39 is 20.2 Å². The summed E-state index contributed by atoms with van der Waals surface area (Å²) in [6.07, 6.45) is 1.62. The molecule has 0 radical (unpaired) electrons. The normalized spacial score (nSPS) is 37.9. The smallest absolute Gasteiger partial charge is 0.337 e. The second-order valence-electron chi connectivity index (χ2n) is 8.53. The molecule has 7 heteroatoms. The predicted octanol–water partition coefficient (Wildman–Crippen LogP) is 2.19. The number of carbonyl (C=O) groups excluding carboxylic acids is 1. The van der Waals surface area contributed by atoms with Crippen molar-refractivity contribution >= 4 is 14.3 Å². The van der Waals surface area contributed by atoms with Crippen LogP contribution >= 0.6 is 0 Å². The minimum Gasteiger partial charge on any atom is -0.473 e. The monoisotopic (exact) mass is 356 g/mol. The number of carbonyl (C=O) groups is 1. The molecule has 4 unspecified atom stereocenters. The maximum Gasteiger partial charge on any atom is 0.337 e. The van der Waals surface area contributed by atoms with Gasteiger partial charge in [-0.25, -0.2) is 4.79 Å². The van der Waals surface area contributed by atoms with E-state index in [9.17, 15) is 9.90 Å². The van der Waals surface area contributed by atoms with Crippen molar-refractivity contribution in [1.29, 1.82) is 0 Å². The zero-order chi connectivity index (χ0) is 17.9. The average Bonchev–Trinajstić information content (AvgIpc) is 3.10. The number of methoxy groups -OCH3 is 1. The summed E-state index contributed by atoms with van der Waals surface area (Å²) < 4.78 is 23.0. The molecule has 6 nitrogen and oxygen atoms in total. The summed E-state index contributed by atoms with van der Waals surface area (Å²) in [5, 5.41) is 9.94. The first kappa shape index (κ1) is 17.9. The maximum absolute atomic E-state index is 12.1. The molecule has 5 atom stereocenters. The van der Waals surface area contributed by atoms with Gasteiger partial charge in [0.05, 0.1) is 37.6 Å². The highest BCUT2D eigenvalue weighted by atomic mass is 28.4. The van der Waals surface area contributed by atoms with E-state index in [4.69, 9.17) is 18.6 Å². The average molecular weight is 356 g/mol. The Hall–Kier alpha value is -0.893. The molecule has 0 aromatic carbocycles. The number of esters is 1. The molecule has 0 bridgehead atoms. The summed E-state index contributed by atoms with van der Waals surface area (Å²) in [6, 6.07) is 0. The van der Waals surface area contributed by atoms with Gasteiger partial charge in [-0.05, 0) is 24.6 Å². The molecule has 1 saturated carbocycles. The number of rotatable bonds is 4. The van der Waals surface area contributed by atoms with E-state index in [-0.39, 0.29) is 35.6 Å². The summed E-state index contributed by atoms with van der Waals surface area (Å²) in [5.41, 5.74) is -0.133. The van der Waals surface area contributed by atoms with Crippen LogP contribution in [0.15, 0.2) is 11.8 Å². The molecule has 1 N–H and O–H groups in total. The number of aliphatic hydroxyl groups excluding tert-OH is 1. The number of epoxide rings is 1. The van der Waals surface area contributed by atoms with Gasteiger partial charge in [0, 0.05) is 5.92 Å². The van der Waals surface area contributed by atoms with Gasteiger partial charge < -0.3 is 23.7 Å². The summed E-state index contributed by atoms with van der Waals surface area (Å²) >= 11 is 0. The Morgan fingerprint density at radius 1 is 1.46 bits per heavy atom. The number of hydrogen-bond donors (Lipinski definition) is 1. The van der Waals surface area contributed by atoms with Gasteiger partial charge in [-0.1, -0.05) is 20.8 Å². The summed E-state index contributed by atoms with van der Waals surface area (Å²) in [4.78, 5) is 12.1. The molecule has 0 amide bonds. The van der Waals surface area contributed by atoms with E-state index in [2.05, 4.69) is 33.9 Å². The van der Waals surface area contributed by atoms with Crippen LogP contribution in [0.5, 0.6) is 0 Å². The standard InChI is InChI=1S/C17H28O6Si/c1-16(2,3)24(5,6)23-15-13-10(7-12-17(13,9-18)22-12)11(8-21-15)14(19)20-4/h8,10,12-13,15,18H,7,9H2,1-6H3/t10?,12?,13?,15?,17-/m0/s1. The first-order chi connectivity index (χ1) is 11.1. The highest BCUT2D eigenvalue weighted by molar-refractivity contribution is 6.74. The lowest BCUT2D eigenvalue weighted by molar-refractivity contribution is -0.148. The van der Waals surface area contributed by atoms with Crippen LogP contribution < -0.4 is 0 Å². The van der Waals surface area contributed by atoms with Crippen LogP contribution in [0.4, 0.5) is 0 Å². The van der Waals surface area contributed by atoms with Crippen molar-refractivity contribution < 1.29 is 28.5 Å². The Kier molecular flexibility index (Phi) is 4.15. The van der Waals surface area contributed by atoms with Gasteiger partial charge in [0.25, 0.3) is 0 Å². The minimum absolute atomic E-state index is 0.0347. The molecular formula is C17H28O6Si. The summed E-state index contributed by atoms with van der Waals surface area (Å²) in [7, 11) is -0.709. The van der Waals surface area contributed by atoms with E-state index in [1.807, 2.05) is 0 Å². The van der Waals surface area contributed by atoms with E-state index in [1.165, 1.54) is 13.4 Å². The van der Waals surface area contributed by atoms with Crippen LogP contribution in [-0.4, -0.2) is 51.1 Å². The van der Waals surface area contributed by atoms with Crippen molar-refractivity contribution in [1.82, 2.24) is 0 Å². The summed E-state index contributed by atoms with van der Waals surface area (Å²) in [5.74, 6) is -0.641. The molecule has 24 heavy (non-hydrogen) atoms. The molecule has 2 heterocycles. The third-order valence-corrected chi connectivity index (χ3v) is 10.7. The molecule has 136 valence electrons. The van der Waals surface area contributed by atoms with Gasteiger partial charge in [-0.2, -0.15) is 0 Å². The number of hydrogen-bond acceptors (Lipinski definition) is 6. The van der Waals surface area contributed by atoms with Crippen LogP contribution in [0.1, 0.15) is 27.2 Å². The first-order valence-corrected chi connectivity index (χ1v) is 11.4. The fourth-order valence-electron chi connectivity index (χ4n) is 3.67. The molecule has 1 aliphatic carbocycles. The van der Waals surface area contributed by atoms with Gasteiger partial charge in [0.1, 0.15) is 5.60 Å². The van der Waals surface area contributed by atoms with Crippen LogP contribution in [0.25, 0.3) is 0 Å². The van der Waals surface area contributed by atoms with Crippen LogP contribution in [0, 0.1) is 11.8 Å². The molecule has 0 aromatic rings. The fourth-order valence-corrected chi connectivity index (χ4v) is 4.81. The highest BCUT2D eigenvalue weighted by Crippen LogP contribution is 2.61. The SMILES string of the molecule is COC(=O)C1=COC(O[Si](C)(C)C(C)(C)C)C2C1CC1O[C@@]12CO. The Morgan fingerprint density at radius 3 is 2.67 bits per heavy atom. The summed E-state index contributed by atoms with van der Waals surface area (Å²) in [6.45, 7) is 10.7. The second kappa shape index (κ2) is 5.55. The Morgan fingerprint density at radius 2 is 2.12 bits per heavy atom. The number of ether oxygens (including phenoxy) is 3. The van der Waals surface area contributed by atoms with Crippen molar-refractivity contribution in [2.24, 2.45) is 11.8 Å². The lowest BCUT2D eigenvalue weighted by Crippen LogP contribution is -2.52. The Bertz CT molecular complexity index is 562. The van der Waals surface area contributed by atoms with E-state index in [0.717, 1.165) is 0 Å².